The Morgan fingerprint density at radius 2 is 1.65 bits per heavy atom. The van der Waals surface area contributed by atoms with Crippen LogP contribution in [0.25, 0.3) is 4.91 Å². The fraction of sp³-hybridized carbons (Fsp3) is 0.700. The van der Waals surface area contributed by atoms with E-state index in [2.05, 4.69) is 37.4 Å². The molecule has 0 saturated carbocycles. The third kappa shape index (κ3) is 5.37. The molecule has 2 N–H and O–H groups in total. The van der Waals surface area contributed by atoms with Crippen molar-refractivity contribution in [2.24, 2.45) is 11.1 Å². The summed E-state index contributed by atoms with van der Waals surface area (Å²) < 4.78 is 0. The Morgan fingerprint density at radius 1 is 1.00 bits per heavy atom. The summed E-state index contributed by atoms with van der Waals surface area (Å²) in [5.74, 6) is 0. The molecule has 0 radical (unpaired) electrons. The number of unbranched alkanes of at least 4 members (excludes halogenated alkanes) is 6. The van der Waals surface area contributed by atoms with Gasteiger partial charge in [0, 0.05) is 15.2 Å². The first kappa shape index (κ1) is 19.1. The van der Waals surface area contributed by atoms with Crippen molar-refractivity contribution in [3.8, 4) is 0 Å². The predicted octanol–water partition coefficient (Wildman–Crippen LogP) is 7.05. The summed E-state index contributed by atoms with van der Waals surface area (Å²) >= 11 is 3.75. The Morgan fingerprint density at radius 3 is 2.17 bits per heavy atom. The average molecular weight is 352 g/mol. The second-order valence-corrected chi connectivity index (χ2v) is 9.01. The summed E-state index contributed by atoms with van der Waals surface area (Å²) in [6.45, 7) is 4.57. The second kappa shape index (κ2) is 9.90. The summed E-state index contributed by atoms with van der Waals surface area (Å²) in [4.78, 5) is 2.83. The minimum Gasteiger partial charge on any atom is -0.318 e. The van der Waals surface area contributed by atoms with Crippen LogP contribution in [0, 0.1) is 5.41 Å². The van der Waals surface area contributed by atoms with Gasteiger partial charge in [-0.1, -0.05) is 77.4 Å². The van der Waals surface area contributed by atoms with Gasteiger partial charge in [0.1, 0.15) is 0 Å². The molecular weight excluding hydrogens is 318 g/mol. The van der Waals surface area contributed by atoms with E-state index in [0.29, 0.717) is 0 Å². The third-order valence-corrected chi connectivity index (χ3v) is 7.34. The largest absolute Gasteiger partial charge is 0.318 e. The van der Waals surface area contributed by atoms with Gasteiger partial charge >= 0.3 is 0 Å². The standard InChI is InChI=1S/C20H33NS2/c1-3-5-7-9-13-20(14-10-8-6-4-2)16-18(23-19(20)21)17-12-11-15-22-17/h11-12,15-16,19H,3-10,13-14,21H2,1-2H3. The molecule has 1 atom stereocenters. The van der Waals surface area contributed by atoms with Gasteiger partial charge in [-0.3, -0.25) is 0 Å². The molecule has 3 heteroatoms. The SMILES string of the molecule is CCCCCCC1(CCCCCC)C=C(c2cccs2)SC1N. The Hall–Kier alpha value is -0.250. The van der Waals surface area contributed by atoms with Gasteiger partial charge in [0.2, 0.25) is 0 Å². The predicted molar refractivity (Wildman–Crippen MR) is 108 cm³/mol. The van der Waals surface area contributed by atoms with Crippen LogP contribution in [-0.2, 0) is 0 Å². The topological polar surface area (TPSA) is 26.0 Å². The molecule has 0 bridgehead atoms. The van der Waals surface area contributed by atoms with E-state index in [1.807, 2.05) is 23.1 Å². The van der Waals surface area contributed by atoms with Crippen LogP contribution >= 0.6 is 23.1 Å². The van der Waals surface area contributed by atoms with Crippen LogP contribution < -0.4 is 5.73 Å². The number of hydrogen-bond acceptors (Lipinski definition) is 3. The lowest BCUT2D eigenvalue weighted by Crippen LogP contribution is -2.35. The zero-order chi connectivity index (χ0) is 16.5. The summed E-state index contributed by atoms with van der Waals surface area (Å²) in [7, 11) is 0. The van der Waals surface area contributed by atoms with E-state index in [0.717, 1.165) is 0 Å². The summed E-state index contributed by atoms with van der Waals surface area (Å²) in [5.41, 5.74) is 6.88. The normalized spacial score (nSPS) is 20.0. The maximum atomic E-state index is 6.66. The maximum absolute atomic E-state index is 6.66. The van der Waals surface area contributed by atoms with Crippen LogP contribution in [0.5, 0.6) is 0 Å². The Bertz CT molecular complexity index is 452. The van der Waals surface area contributed by atoms with Gasteiger partial charge in [0.25, 0.3) is 0 Å². The molecule has 0 spiro atoms. The molecule has 2 rings (SSSR count). The number of rotatable bonds is 11. The van der Waals surface area contributed by atoms with Gasteiger partial charge in [-0.15, -0.1) is 23.1 Å². The zero-order valence-electron chi connectivity index (χ0n) is 14.9. The second-order valence-electron chi connectivity index (χ2n) is 6.88. The molecule has 1 aromatic rings. The van der Waals surface area contributed by atoms with E-state index in [4.69, 9.17) is 5.73 Å². The molecule has 0 aliphatic carbocycles. The molecule has 23 heavy (non-hydrogen) atoms. The van der Waals surface area contributed by atoms with Crippen LogP contribution in [0.15, 0.2) is 23.6 Å². The van der Waals surface area contributed by atoms with Gasteiger partial charge in [-0.05, 0) is 24.3 Å². The van der Waals surface area contributed by atoms with Crippen LogP contribution in [-0.4, -0.2) is 5.37 Å². The molecular formula is C20H33NS2. The Kier molecular flexibility index (Phi) is 8.22. The van der Waals surface area contributed by atoms with Crippen molar-refractivity contribution < 1.29 is 0 Å². The molecule has 0 aromatic carbocycles. The van der Waals surface area contributed by atoms with Crippen LogP contribution in [0.4, 0.5) is 0 Å². The van der Waals surface area contributed by atoms with Crippen LogP contribution in [0.1, 0.15) is 82.9 Å². The third-order valence-electron chi connectivity index (χ3n) is 4.99. The fourth-order valence-corrected chi connectivity index (χ4v) is 5.72. The lowest BCUT2D eigenvalue weighted by molar-refractivity contribution is 0.294. The molecule has 1 aromatic heterocycles. The number of thioether (sulfide) groups is 1. The highest BCUT2D eigenvalue weighted by Gasteiger charge is 2.40. The zero-order valence-corrected chi connectivity index (χ0v) is 16.5. The highest BCUT2D eigenvalue weighted by Crippen LogP contribution is 2.53. The van der Waals surface area contributed by atoms with Crippen LogP contribution in [0.3, 0.4) is 0 Å². The quantitative estimate of drug-likeness (QED) is 0.432. The first-order chi connectivity index (χ1) is 11.2. The van der Waals surface area contributed by atoms with Gasteiger partial charge < -0.3 is 5.73 Å². The Balaban J connectivity index is 2.05. The van der Waals surface area contributed by atoms with Crippen LogP contribution in [0.2, 0.25) is 0 Å². The van der Waals surface area contributed by atoms with E-state index in [-0.39, 0.29) is 10.8 Å². The molecule has 0 amide bonds. The lowest BCUT2D eigenvalue weighted by Gasteiger charge is -2.32. The van der Waals surface area contributed by atoms with Crippen molar-refractivity contribution in [2.45, 2.75) is 83.4 Å². The first-order valence-corrected chi connectivity index (χ1v) is 11.2. The minimum absolute atomic E-state index is 0.228. The average Bonchev–Trinajstić information content (AvgIpc) is 3.18. The molecule has 130 valence electrons. The molecule has 2 heterocycles. The van der Waals surface area contributed by atoms with Gasteiger partial charge in [-0.25, -0.2) is 0 Å². The first-order valence-electron chi connectivity index (χ1n) is 9.41. The number of thiophene rings is 1. The smallest absolute Gasteiger partial charge is 0.0647 e. The van der Waals surface area contributed by atoms with E-state index in [1.54, 1.807) is 0 Å². The monoisotopic (exact) mass is 351 g/mol. The van der Waals surface area contributed by atoms with Crippen molar-refractivity contribution in [3.63, 3.8) is 0 Å². The molecule has 0 saturated heterocycles. The van der Waals surface area contributed by atoms with Crippen molar-refractivity contribution in [3.05, 3.63) is 28.5 Å². The molecule has 1 unspecified atom stereocenters. The van der Waals surface area contributed by atoms with E-state index >= 15 is 0 Å². The minimum atomic E-state index is 0.228. The summed E-state index contributed by atoms with van der Waals surface area (Å²) in [6.07, 6.45) is 15.8. The highest BCUT2D eigenvalue weighted by molar-refractivity contribution is 8.09. The number of nitrogens with two attached hydrogens (primary N) is 1. The highest BCUT2D eigenvalue weighted by atomic mass is 32.2. The van der Waals surface area contributed by atoms with E-state index < -0.39 is 0 Å². The summed E-state index contributed by atoms with van der Waals surface area (Å²) in [5, 5.41) is 2.41. The number of hydrogen-bond donors (Lipinski definition) is 1. The van der Waals surface area contributed by atoms with Gasteiger partial charge in [0.05, 0.1) is 5.37 Å². The summed E-state index contributed by atoms with van der Waals surface area (Å²) in [6, 6.07) is 4.38. The molecule has 1 aliphatic rings. The van der Waals surface area contributed by atoms with Crippen molar-refractivity contribution >= 4 is 28.0 Å². The van der Waals surface area contributed by atoms with Gasteiger partial charge in [0.15, 0.2) is 0 Å². The molecule has 1 aliphatic heterocycles. The maximum Gasteiger partial charge on any atom is 0.0647 e. The van der Waals surface area contributed by atoms with Gasteiger partial charge in [-0.2, -0.15) is 0 Å². The Labute approximate surface area is 151 Å². The fourth-order valence-electron chi connectivity index (χ4n) is 3.50. The molecule has 1 nitrogen and oxygen atoms in total. The lowest BCUT2D eigenvalue weighted by atomic mass is 9.77. The van der Waals surface area contributed by atoms with Crippen molar-refractivity contribution in [1.82, 2.24) is 0 Å². The molecule has 0 fully saturated rings. The van der Waals surface area contributed by atoms with Crippen molar-refractivity contribution in [2.75, 3.05) is 0 Å². The van der Waals surface area contributed by atoms with E-state index in [1.165, 1.54) is 74.0 Å². The van der Waals surface area contributed by atoms with E-state index in [9.17, 15) is 0 Å². The van der Waals surface area contributed by atoms with Crippen molar-refractivity contribution in [1.29, 1.82) is 0 Å².